The highest BCUT2D eigenvalue weighted by molar-refractivity contribution is 7.99. The molecule has 1 amide bonds. The van der Waals surface area contributed by atoms with Crippen LogP contribution in [0.15, 0.2) is 58.2 Å². The van der Waals surface area contributed by atoms with Gasteiger partial charge >= 0.3 is 0 Å². The van der Waals surface area contributed by atoms with Crippen LogP contribution in [0.3, 0.4) is 0 Å². The molecule has 9 heteroatoms. The summed E-state index contributed by atoms with van der Waals surface area (Å²) in [5.74, 6) is 1.22. The molecule has 2 heterocycles. The number of carbonyl (C=O) groups excluding carboxylic acids is 1. The average molecular weight is 440 g/mol. The molecule has 0 spiro atoms. The average Bonchev–Trinajstić information content (AvgIpc) is 3.28. The maximum absolute atomic E-state index is 12.3. The molecule has 1 aliphatic heterocycles. The van der Waals surface area contributed by atoms with Gasteiger partial charge in [0.2, 0.25) is 11.8 Å². The Morgan fingerprint density at radius 1 is 1.06 bits per heavy atom. The summed E-state index contributed by atoms with van der Waals surface area (Å²) in [5.41, 5.74) is 2.75. The molecule has 0 aliphatic carbocycles. The Labute approximate surface area is 185 Å². The fourth-order valence-electron chi connectivity index (χ4n) is 3.26. The van der Waals surface area contributed by atoms with Gasteiger partial charge in [0.15, 0.2) is 0 Å². The monoisotopic (exact) mass is 439 g/mol. The smallest absolute Gasteiger partial charge is 0.277 e. The molecule has 1 fully saturated rings. The minimum Gasteiger partial charge on any atom is -0.497 e. The molecule has 1 aliphatic rings. The Morgan fingerprint density at radius 3 is 2.45 bits per heavy atom. The summed E-state index contributed by atoms with van der Waals surface area (Å²) < 4.78 is 10.8. The van der Waals surface area contributed by atoms with E-state index in [4.69, 9.17) is 9.15 Å². The lowest BCUT2D eigenvalue weighted by molar-refractivity contribution is -0.113. The zero-order valence-electron chi connectivity index (χ0n) is 17.6. The highest BCUT2D eigenvalue weighted by Gasteiger charge is 2.15. The first-order valence-corrected chi connectivity index (χ1v) is 11.0. The second kappa shape index (κ2) is 9.84. The summed E-state index contributed by atoms with van der Waals surface area (Å²) in [4.78, 5) is 17.0. The fraction of sp³-hybridized carbons (Fsp3) is 0.318. The van der Waals surface area contributed by atoms with Gasteiger partial charge in [-0.2, -0.15) is 0 Å². The number of hydrogen-bond donors (Lipinski definition) is 1. The zero-order valence-corrected chi connectivity index (χ0v) is 18.4. The first-order valence-electron chi connectivity index (χ1n) is 10.0. The molecule has 8 nitrogen and oxygen atoms in total. The lowest BCUT2D eigenvalue weighted by atomic mass is 10.2. The quantitative estimate of drug-likeness (QED) is 0.562. The highest BCUT2D eigenvalue weighted by atomic mass is 32.2. The van der Waals surface area contributed by atoms with Crippen LogP contribution in [0, 0.1) is 0 Å². The molecular formula is C22H25N5O3S. The topological polar surface area (TPSA) is 83.7 Å². The van der Waals surface area contributed by atoms with Crippen LogP contribution in [-0.4, -0.2) is 67.1 Å². The number of nitrogens with zero attached hydrogens (tertiary/aromatic N) is 4. The largest absolute Gasteiger partial charge is 0.497 e. The maximum atomic E-state index is 12.3. The van der Waals surface area contributed by atoms with Crippen LogP contribution >= 0.6 is 11.8 Å². The van der Waals surface area contributed by atoms with E-state index in [2.05, 4.69) is 32.4 Å². The molecule has 0 unspecified atom stereocenters. The molecule has 4 rings (SSSR count). The van der Waals surface area contributed by atoms with E-state index in [0.29, 0.717) is 11.1 Å². The van der Waals surface area contributed by atoms with Gasteiger partial charge in [-0.05, 0) is 55.6 Å². The molecule has 162 valence electrons. The van der Waals surface area contributed by atoms with Gasteiger partial charge in [-0.25, -0.2) is 0 Å². The third-order valence-corrected chi connectivity index (χ3v) is 5.91. The van der Waals surface area contributed by atoms with E-state index in [1.807, 2.05) is 48.5 Å². The number of carbonyl (C=O) groups is 1. The number of anilines is 2. The van der Waals surface area contributed by atoms with Gasteiger partial charge < -0.3 is 24.3 Å². The second-order valence-corrected chi connectivity index (χ2v) is 8.20. The molecular weight excluding hydrogens is 414 g/mol. The molecule has 0 bridgehead atoms. The number of hydrogen-bond acceptors (Lipinski definition) is 8. The Morgan fingerprint density at radius 2 is 1.77 bits per heavy atom. The number of nitrogens with one attached hydrogen (secondary N) is 1. The van der Waals surface area contributed by atoms with Gasteiger partial charge in [0.05, 0.1) is 12.9 Å². The summed E-state index contributed by atoms with van der Waals surface area (Å²) in [7, 11) is 3.76. The minimum atomic E-state index is -0.124. The molecule has 0 atom stereocenters. The van der Waals surface area contributed by atoms with Crippen molar-refractivity contribution in [1.82, 2.24) is 15.1 Å². The number of ether oxygens (including phenoxy) is 1. The minimum absolute atomic E-state index is 0.124. The first-order chi connectivity index (χ1) is 15.1. The summed E-state index contributed by atoms with van der Waals surface area (Å²) in [6.07, 6.45) is 0. The number of piperazine rings is 1. The number of rotatable bonds is 7. The van der Waals surface area contributed by atoms with Crippen LogP contribution in [0.5, 0.6) is 5.75 Å². The summed E-state index contributed by atoms with van der Waals surface area (Å²) in [5, 5.41) is 11.3. The summed E-state index contributed by atoms with van der Waals surface area (Å²) in [6, 6.07) is 15.3. The molecule has 1 saturated heterocycles. The Hall–Kier alpha value is -3.04. The highest BCUT2D eigenvalue weighted by Crippen LogP contribution is 2.25. The molecule has 31 heavy (non-hydrogen) atoms. The van der Waals surface area contributed by atoms with Crippen LogP contribution < -0.4 is 15.0 Å². The van der Waals surface area contributed by atoms with E-state index < -0.39 is 0 Å². The predicted molar refractivity (Wildman–Crippen MR) is 122 cm³/mol. The zero-order chi connectivity index (χ0) is 21.6. The molecule has 2 aromatic carbocycles. The van der Waals surface area contributed by atoms with Crippen molar-refractivity contribution in [3.8, 4) is 17.2 Å². The summed E-state index contributed by atoms with van der Waals surface area (Å²) in [6.45, 7) is 4.15. The van der Waals surface area contributed by atoms with Gasteiger partial charge in [-0.1, -0.05) is 11.8 Å². The van der Waals surface area contributed by atoms with Crippen molar-refractivity contribution in [3.63, 3.8) is 0 Å². The van der Waals surface area contributed by atoms with E-state index in [0.717, 1.165) is 43.2 Å². The van der Waals surface area contributed by atoms with Crippen molar-refractivity contribution < 1.29 is 13.9 Å². The number of thioether (sulfide) groups is 1. The van der Waals surface area contributed by atoms with Gasteiger partial charge in [0.1, 0.15) is 5.75 Å². The van der Waals surface area contributed by atoms with Crippen molar-refractivity contribution in [3.05, 3.63) is 48.5 Å². The number of benzene rings is 2. The number of aromatic nitrogens is 2. The van der Waals surface area contributed by atoms with Crippen molar-refractivity contribution in [1.29, 1.82) is 0 Å². The van der Waals surface area contributed by atoms with Gasteiger partial charge in [-0.3, -0.25) is 4.79 Å². The van der Waals surface area contributed by atoms with Crippen LogP contribution in [0.2, 0.25) is 0 Å². The van der Waals surface area contributed by atoms with E-state index in [9.17, 15) is 4.79 Å². The van der Waals surface area contributed by atoms with Crippen LogP contribution in [0.4, 0.5) is 11.4 Å². The van der Waals surface area contributed by atoms with E-state index in [-0.39, 0.29) is 11.7 Å². The van der Waals surface area contributed by atoms with Gasteiger partial charge in [0, 0.05) is 43.1 Å². The standard InChI is InChI=1S/C22H25N5O3S/c1-26-11-13-27(14-12-26)18-7-5-17(6-8-18)23-20(28)15-31-22-25-24-21(30-22)16-3-9-19(29-2)10-4-16/h3-10H,11-15H2,1-2H3,(H,23,28). The third kappa shape index (κ3) is 5.56. The number of likely N-dealkylation sites (N-methyl/N-ethyl adjacent to an activating group) is 1. The van der Waals surface area contributed by atoms with E-state index in [1.165, 1.54) is 17.4 Å². The Balaban J connectivity index is 1.27. The SMILES string of the molecule is COc1ccc(-c2nnc(SCC(=O)Nc3ccc(N4CCN(C)CC4)cc3)o2)cc1. The van der Waals surface area contributed by atoms with Crippen LogP contribution in [0.1, 0.15) is 0 Å². The van der Waals surface area contributed by atoms with Crippen molar-refractivity contribution in [2.75, 3.05) is 56.3 Å². The van der Waals surface area contributed by atoms with Crippen LogP contribution in [0.25, 0.3) is 11.5 Å². The number of amides is 1. The lowest BCUT2D eigenvalue weighted by Gasteiger charge is -2.34. The van der Waals surface area contributed by atoms with Crippen LogP contribution in [-0.2, 0) is 4.79 Å². The Bertz CT molecular complexity index is 999. The normalized spacial score (nSPS) is 14.5. The van der Waals surface area contributed by atoms with Crippen molar-refractivity contribution in [2.24, 2.45) is 0 Å². The van der Waals surface area contributed by atoms with Crippen molar-refractivity contribution >= 4 is 29.0 Å². The molecule has 1 N–H and O–H groups in total. The lowest BCUT2D eigenvalue weighted by Crippen LogP contribution is -2.44. The predicted octanol–water partition coefficient (Wildman–Crippen LogP) is 3.23. The third-order valence-electron chi connectivity index (χ3n) is 5.09. The van der Waals surface area contributed by atoms with E-state index in [1.54, 1.807) is 7.11 Å². The molecule has 3 aromatic rings. The van der Waals surface area contributed by atoms with Crippen molar-refractivity contribution in [2.45, 2.75) is 5.22 Å². The molecule has 0 radical (unpaired) electrons. The second-order valence-electron chi connectivity index (χ2n) is 7.28. The molecule has 1 aromatic heterocycles. The molecule has 0 saturated carbocycles. The van der Waals surface area contributed by atoms with E-state index >= 15 is 0 Å². The summed E-state index contributed by atoms with van der Waals surface area (Å²) >= 11 is 1.21. The van der Waals surface area contributed by atoms with Gasteiger partial charge in [0.25, 0.3) is 5.22 Å². The Kier molecular flexibility index (Phi) is 6.73. The number of methoxy groups -OCH3 is 1. The fourth-order valence-corrected chi connectivity index (χ4v) is 3.83. The first kappa shape index (κ1) is 21.2. The maximum Gasteiger partial charge on any atom is 0.277 e. The van der Waals surface area contributed by atoms with Gasteiger partial charge in [-0.15, -0.1) is 10.2 Å².